The van der Waals surface area contributed by atoms with Crippen LogP contribution in [-0.4, -0.2) is 91.8 Å². The molecular weight excluding hydrogens is 455 g/mol. The SMILES string of the molecule is Nc1nc(N2CC[C@H]2C(=O)N2CCN(CCCC(F)(F)F)CC2)nc2nc(-c3ccco3)nn12. The molecular formula is C20H24F3N9O2. The van der Waals surface area contributed by atoms with Gasteiger partial charge in [0.2, 0.25) is 23.6 Å². The quantitative estimate of drug-likeness (QED) is 0.559. The first-order chi connectivity index (χ1) is 16.3. The lowest BCUT2D eigenvalue weighted by Gasteiger charge is -2.44. The molecule has 1 amide bonds. The van der Waals surface area contributed by atoms with Gasteiger partial charge in [0.15, 0.2) is 5.76 Å². The number of aromatic nitrogens is 5. The third kappa shape index (κ3) is 4.49. The minimum Gasteiger partial charge on any atom is -0.461 e. The molecule has 2 fully saturated rings. The Hall–Kier alpha value is -3.42. The van der Waals surface area contributed by atoms with E-state index in [1.54, 1.807) is 21.9 Å². The second-order valence-corrected chi connectivity index (χ2v) is 8.39. The summed E-state index contributed by atoms with van der Waals surface area (Å²) in [7, 11) is 0. The molecule has 5 rings (SSSR count). The van der Waals surface area contributed by atoms with Crippen molar-refractivity contribution in [1.29, 1.82) is 0 Å². The average molecular weight is 479 g/mol. The Labute approximate surface area is 192 Å². The number of hydrogen-bond acceptors (Lipinski definition) is 9. The minimum absolute atomic E-state index is 0.0408. The molecule has 0 bridgehead atoms. The fraction of sp³-hybridized carbons (Fsp3) is 0.550. The molecule has 14 heteroatoms. The van der Waals surface area contributed by atoms with Crippen LogP contribution in [0.15, 0.2) is 22.8 Å². The maximum absolute atomic E-state index is 13.1. The van der Waals surface area contributed by atoms with Gasteiger partial charge in [-0.1, -0.05) is 0 Å². The lowest BCUT2D eigenvalue weighted by atomic mass is 10.0. The monoisotopic (exact) mass is 479 g/mol. The van der Waals surface area contributed by atoms with E-state index >= 15 is 0 Å². The summed E-state index contributed by atoms with van der Waals surface area (Å²) < 4.78 is 43.7. The molecule has 5 heterocycles. The van der Waals surface area contributed by atoms with Crippen LogP contribution in [0, 0.1) is 0 Å². The van der Waals surface area contributed by atoms with Gasteiger partial charge in [-0.3, -0.25) is 9.69 Å². The zero-order chi connectivity index (χ0) is 23.9. The van der Waals surface area contributed by atoms with Gasteiger partial charge in [0.05, 0.1) is 6.26 Å². The van der Waals surface area contributed by atoms with Gasteiger partial charge in [-0.25, -0.2) is 0 Å². The number of nitrogen functional groups attached to an aromatic ring is 1. The van der Waals surface area contributed by atoms with E-state index in [1.165, 1.54) is 10.8 Å². The molecule has 0 spiro atoms. The lowest BCUT2D eigenvalue weighted by Crippen LogP contribution is -2.60. The van der Waals surface area contributed by atoms with Crippen LogP contribution in [0.4, 0.5) is 25.1 Å². The van der Waals surface area contributed by atoms with E-state index in [-0.39, 0.29) is 24.1 Å². The molecule has 11 nitrogen and oxygen atoms in total. The van der Waals surface area contributed by atoms with Crippen LogP contribution in [0.3, 0.4) is 0 Å². The first-order valence-electron chi connectivity index (χ1n) is 11.1. The number of carbonyl (C=O) groups excluding carboxylic acids is 1. The van der Waals surface area contributed by atoms with Crippen LogP contribution >= 0.6 is 0 Å². The van der Waals surface area contributed by atoms with Crippen molar-refractivity contribution in [3.63, 3.8) is 0 Å². The molecule has 3 aromatic rings. The van der Waals surface area contributed by atoms with Crippen molar-refractivity contribution in [3.05, 3.63) is 18.4 Å². The lowest BCUT2D eigenvalue weighted by molar-refractivity contribution is -0.137. The molecule has 1 atom stereocenters. The van der Waals surface area contributed by atoms with Gasteiger partial charge in [0.25, 0.3) is 5.78 Å². The molecule has 0 aliphatic carbocycles. The van der Waals surface area contributed by atoms with Crippen LogP contribution in [0.2, 0.25) is 0 Å². The zero-order valence-electron chi connectivity index (χ0n) is 18.3. The maximum Gasteiger partial charge on any atom is 0.389 e. The van der Waals surface area contributed by atoms with Crippen molar-refractivity contribution < 1.29 is 22.4 Å². The van der Waals surface area contributed by atoms with E-state index in [2.05, 4.69) is 20.1 Å². The largest absolute Gasteiger partial charge is 0.461 e. The number of rotatable bonds is 6. The van der Waals surface area contributed by atoms with E-state index in [0.717, 1.165) is 0 Å². The molecule has 2 aliphatic heterocycles. The van der Waals surface area contributed by atoms with Gasteiger partial charge in [0.1, 0.15) is 6.04 Å². The van der Waals surface area contributed by atoms with Gasteiger partial charge in [-0.15, -0.1) is 5.10 Å². The van der Waals surface area contributed by atoms with Gasteiger partial charge in [0, 0.05) is 39.1 Å². The van der Waals surface area contributed by atoms with Crippen LogP contribution in [0.25, 0.3) is 17.4 Å². The van der Waals surface area contributed by atoms with Crippen LogP contribution in [0.1, 0.15) is 19.3 Å². The third-order valence-electron chi connectivity index (χ3n) is 6.14. The minimum atomic E-state index is -4.13. The van der Waals surface area contributed by atoms with E-state index in [1.807, 2.05) is 4.90 Å². The van der Waals surface area contributed by atoms with Gasteiger partial charge in [-0.05, 0) is 31.5 Å². The molecule has 182 valence electrons. The number of carbonyl (C=O) groups is 1. The topological polar surface area (TPSA) is 122 Å². The Balaban J connectivity index is 1.22. The Bertz CT molecular complexity index is 1160. The van der Waals surface area contributed by atoms with Crippen molar-refractivity contribution in [2.24, 2.45) is 0 Å². The number of nitrogens with zero attached hydrogens (tertiary/aromatic N) is 8. The zero-order valence-corrected chi connectivity index (χ0v) is 18.3. The number of anilines is 2. The number of furan rings is 1. The standard InChI is InChI=1S/C20H24F3N9O2/c21-20(22,23)5-2-6-29-8-10-30(11-9-29)16(33)13-4-7-31(13)18-26-17(24)32-19(27-18)25-15(28-32)14-3-1-12-34-14/h1,3,12-13H,2,4-11H2,(H2,24,25,26,27,28)/t13-/m0/s1. The number of fused-ring (bicyclic) bond motifs is 1. The van der Waals surface area contributed by atoms with E-state index in [9.17, 15) is 18.0 Å². The highest BCUT2D eigenvalue weighted by atomic mass is 19.4. The van der Waals surface area contributed by atoms with Crippen LogP contribution in [-0.2, 0) is 4.79 Å². The summed E-state index contributed by atoms with van der Waals surface area (Å²) in [4.78, 5) is 31.7. The molecule has 0 radical (unpaired) electrons. The van der Waals surface area contributed by atoms with Crippen LogP contribution in [0.5, 0.6) is 0 Å². The number of piperazine rings is 1. The van der Waals surface area contributed by atoms with Crippen molar-refractivity contribution in [2.45, 2.75) is 31.5 Å². The third-order valence-corrected chi connectivity index (χ3v) is 6.14. The van der Waals surface area contributed by atoms with Crippen molar-refractivity contribution in [3.8, 4) is 11.6 Å². The summed E-state index contributed by atoms with van der Waals surface area (Å²) in [6.45, 7) is 3.05. The first kappa shape index (κ1) is 22.4. The van der Waals surface area contributed by atoms with E-state index in [4.69, 9.17) is 10.2 Å². The number of halogens is 3. The second-order valence-electron chi connectivity index (χ2n) is 8.39. The van der Waals surface area contributed by atoms with Crippen molar-refractivity contribution in [2.75, 3.05) is 49.9 Å². The van der Waals surface area contributed by atoms with E-state index < -0.39 is 18.6 Å². The molecule has 0 saturated carbocycles. The Morgan fingerprint density at radius 2 is 1.94 bits per heavy atom. The molecule has 0 aromatic carbocycles. The summed E-state index contributed by atoms with van der Waals surface area (Å²) in [5.41, 5.74) is 6.07. The van der Waals surface area contributed by atoms with Gasteiger partial charge >= 0.3 is 6.18 Å². The molecule has 2 saturated heterocycles. The molecule has 0 unspecified atom stereocenters. The Kier molecular flexibility index (Phi) is 5.75. The molecule has 34 heavy (non-hydrogen) atoms. The second kappa shape index (κ2) is 8.74. The molecule has 3 aromatic heterocycles. The summed E-state index contributed by atoms with van der Waals surface area (Å²) in [6, 6.07) is 3.03. The number of amides is 1. The smallest absolute Gasteiger partial charge is 0.389 e. The summed E-state index contributed by atoms with van der Waals surface area (Å²) >= 11 is 0. The highest BCUT2D eigenvalue weighted by Crippen LogP contribution is 2.27. The summed E-state index contributed by atoms with van der Waals surface area (Å²) in [6.07, 6.45) is -2.68. The fourth-order valence-corrected chi connectivity index (χ4v) is 4.22. The number of hydrogen-bond donors (Lipinski definition) is 1. The normalized spacial score (nSPS) is 19.6. The average Bonchev–Trinajstić information content (AvgIpc) is 3.42. The van der Waals surface area contributed by atoms with E-state index in [0.29, 0.717) is 63.2 Å². The Morgan fingerprint density at radius 1 is 1.15 bits per heavy atom. The fourth-order valence-electron chi connectivity index (χ4n) is 4.22. The summed E-state index contributed by atoms with van der Waals surface area (Å²) in [5, 5.41) is 4.27. The Morgan fingerprint density at radius 3 is 2.59 bits per heavy atom. The predicted octanol–water partition coefficient (Wildman–Crippen LogP) is 1.43. The first-order valence-corrected chi connectivity index (χ1v) is 11.1. The highest BCUT2D eigenvalue weighted by Gasteiger charge is 2.39. The molecule has 2 N–H and O–H groups in total. The van der Waals surface area contributed by atoms with Gasteiger partial charge < -0.3 is 20.0 Å². The number of alkyl halides is 3. The summed E-state index contributed by atoms with van der Waals surface area (Å²) in [5.74, 6) is 1.41. The molecule has 2 aliphatic rings. The van der Waals surface area contributed by atoms with Crippen LogP contribution < -0.4 is 10.6 Å². The predicted molar refractivity (Wildman–Crippen MR) is 115 cm³/mol. The number of nitrogens with two attached hydrogens (primary N) is 1. The highest BCUT2D eigenvalue weighted by molar-refractivity contribution is 5.86. The van der Waals surface area contributed by atoms with Crippen molar-refractivity contribution >= 4 is 23.6 Å². The maximum atomic E-state index is 13.1. The van der Waals surface area contributed by atoms with Gasteiger partial charge in [-0.2, -0.15) is 32.6 Å². The van der Waals surface area contributed by atoms with Crippen molar-refractivity contribution in [1.82, 2.24) is 34.4 Å².